The fraction of sp³-hybridized carbons (Fsp3) is 0.538. The molecule has 0 atom stereocenters. The number of benzene rings is 1. The zero-order valence-electron chi connectivity index (χ0n) is 11.9. The Morgan fingerprint density at radius 1 is 1.40 bits per heavy atom. The second-order valence-corrected chi connectivity index (χ2v) is 7.72. The number of halogens is 2. The van der Waals surface area contributed by atoms with E-state index in [9.17, 15) is 12.8 Å². The van der Waals surface area contributed by atoms with Crippen LogP contribution in [0.4, 0.5) is 4.39 Å². The van der Waals surface area contributed by atoms with Crippen LogP contribution in [0.25, 0.3) is 0 Å². The molecule has 1 aromatic carbocycles. The number of sulfonamides is 1. The number of nitrogens with two attached hydrogens (primary N) is 1. The molecule has 0 heterocycles. The molecule has 0 radical (unpaired) electrons. The molecule has 1 rings (SSSR count). The molecule has 0 spiro atoms. The maximum Gasteiger partial charge on any atom is 0.245 e. The van der Waals surface area contributed by atoms with Crippen LogP contribution in [0.2, 0.25) is 5.02 Å². The lowest BCUT2D eigenvalue weighted by atomic mass is 9.94. The third kappa shape index (κ3) is 3.91. The predicted octanol–water partition coefficient (Wildman–Crippen LogP) is 2.47. The molecule has 0 amide bonds. The van der Waals surface area contributed by atoms with Crippen LogP contribution in [0.15, 0.2) is 23.1 Å². The van der Waals surface area contributed by atoms with E-state index in [0.29, 0.717) is 6.54 Å². The molecule has 0 saturated heterocycles. The van der Waals surface area contributed by atoms with E-state index in [1.54, 1.807) is 6.92 Å². The summed E-state index contributed by atoms with van der Waals surface area (Å²) in [5, 5.41) is 0.159. The first-order chi connectivity index (χ1) is 9.14. The van der Waals surface area contributed by atoms with Crippen molar-refractivity contribution >= 4 is 21.6 Å². The van der Waals surface area contributed by atoms with Crippen molar-refractivity contribution in [3.8, 4) is 0 Å². The van der Waals surface area contributed by atoms with Crippen molar-refractivity contribution in [2.75, 3.05) is 19.6 Å². The molecule has 114 valence electrons. The van der Waals surface area contributed by atoms with Gasteiger partial charge in [-0.3, -0.25) is 0 Å². The average molecular weight is 323 g/mol. The Labute approximate surface area is 124 Å². The Morgan fingerprint density at radius 3 is 2.45 bits per heavy atom. The molecular weight excluding hydrogens is 303 g/mol. The van der Waals surface area contributed by atoms with Gasteiger partial charge in [-0.1, -0.05) is 32.4 Å². The highest BCUT2D eigenvalue weighted by Gasteiger charge is 2.30. The number of hydrogen-bond donors (Lipinski definition) is 1. The number of rotatable bonds is 6. The standard InChI is InChI=1S/C13H20ClFN2O2S/c1-4-17(9-13(2,3)8-16)20(18,19)12-6-5-10(14)7-11(12)15/h5-7H,4,8-9,16H2,1-3H3. The summed E-state index contributed by atoms with van der Waals surface area (Å²) < 4.78 is 40.1. The first kappa shape index (κ1) is 17.4. The van der Waals surface area contributed by atoms with E-state index in [-0.39, 0.29) is 28.4 Å². The van der Waals surface area contributed by atoms with Crippen molar-refractivity contribution in [2.24, 2.45) is 11.1 Å². The predicted molar refractivity (Wildman–Crippen MR) is 78.7 cm³/mol. The molecule has 20 heavy (non-hydrogen) atoms. The number of nitrogens with zero attached hydrogens (tertiary/aromatic N) is 1. The minimum Gasteiger partial charge on any atom is -0.330 e. The smallest absolute Gasteiger partial charge is 0.245 e. The van der Waals surface area contributed by atoms with E-state index in [1.807, 2.05) is 13.8 Å². The summed E-state index contributed by atoms with van der Waals surface area (Å²) in [5.74, 6) is -0.846. The minimum atomic E-state index is -3.90. The molecule has 0 aromatic heterocycles. The highest BCUT2D eigenvalue weighted by molar-refractivity contribution is 7.89. The Hall–Kier alpha value is -0.690. The van der Waals surface area contributed by atoms with Crippen LogP contribution in [0.3, 0.4) is 0 Å². The van der Waals surface area contributed by atoms with E-state index in [1.165, 1.54) is 16.4 Å². The molecule has 0 fully saturated rings. The van der Waals surface area contributed by atoms with Gasteiger partial charge in [-0.25, -0.2) is 12.8 Å². The Bertz CT molecular complexity index is 576. The molecule has 0 saturated carbocycles. The lowest BCUT2D eigenvalue weighted by molar-refractivity contribution is 0.272. The molecule has 7 heteroatoms. The molecule has 0 aliphatic rings. The molecule has 0 bridgehead atoms. The minimum absolute atomic E-state index is 0.159. The highest BCUT2D eigenvalue weighted by atomic mass is 35.5. The highest BCUT2D eigenvalue weighted by Crippen LogP contribution is 2.25. The van der Waals surface area contributed by atoms with E-state index >= 15 is 0 Å². The molecule has 0 aliphatic carbocycles. The summed E-state index contributed by atoms with van der Waals surface area (Å²) in [5.41, 5.74) is 5.25. The fourth-order valence-corrected chi connectivity index (χ4v) is 3.57. The van der Waals surface area contributed by atoms with Gasteiger partial charge in [-0.15, -0.1) is 0 Å². The van der Waals surface area contributed by atoms with Gasteiger partial charge in [-0.2, -0.15) is 4.31 Å². The van der Waals surface area contributed by atoms with E-state index < -0.39 is 15.8 Å². The van der Waals surface area contributed by atoms with Crippen molar-refractivity contribution in [3.05, 3.63) is 29.0 Å². The molecule has 0 aliphatic heterocycles. The van der Waals surface area contributed by atoms with Crippen molar-refractivity contribution in [2.45, 2.75) is 25.7 Å². The topological polar surface area (TPSA) is 63.4 Å². The van der Waals surface area contributed by atoms with Crippen LogP contribution in [0.5, 0.6) is 0 Å². The summed E-state index contributed by atoms with van der Waals surface area (Å²) >= 11 is 5.64. The molecule has 0 unspecified atom stereocenters. The van der Waals surface area contributed by atoms with Gasteiger partial charge in [0.2, 0.25) is 10.0 Å². The largest absolute Gasteiger partial charge is 0.330 e. The van der Waals surface area contributed by atoms with Gasteiger partial charge < -0.3 is 5.73 Å². The summed E-state index contributed by atoms with van der Waals surface area (Å²) in [6.07, 6.45) is 0. The SMILES string of the molecule is CCN(CC(C)(C)CN)S(=O)(=O)c1ccc(Cl)cc1F. The normalized spacial score (nSPS) is 12.9. The van der Waals surface area contributed by atoms with Crippen LogP contribution in [0, 0.1) is 11.2 Å². The van der Waals surface area contributed by atoms with Gasteiger partial charge in [0.15, 0.2) is 0 Å². The molecule has 1 aromatic rings. The fourth-order valence-electron chi connectivity index (χ4n) is 1.73. The molecule has 2 N–H and O–H groups in total. The summed E-state index contributed by atoms with van der Waals surface area (Å²) in [6.45, 7) is 6.24. The van der Waals surface area contributed by atoms with Crippen LogP contribution in [-0.2, 0) is 10.0 Å². The van der Waals surface area contributed by atoms with Crippen molar-refractivity contribution in [3.63, 3.8) is 0 Å². The second-order valence-electron chi connectivity index (χ2n) is 5.37. The maximum absolute atomic E-state index is 13.8. The molecular formula is C13H20ClFN2O2S. The van der Waals surface area contributed by atoms with Gasteiger partial charge in [0, 0.05) is 18.1 Å². The van der Waals surface area contributed by atoms with Gasteiger partial charge in [0.05, 0.1) is 0 Å². The first-order valence-corrected chi connectivity index (χ1v) is 8.11. The summed E-state index contributed by atoms with van der Waals surface area (Å²) in [6, 6.07) is 3.54. The van der Waals surface area contributed by atoms with Crippen LogP contribution < -0.4 is 5.73 Å². The monoisotopic (exact) mass is 322 g/mol. The van der Waals surface area contributed by atoms with Gasteiger partial charge >= 0.3 is 0 Å². The zero-order valence-corrected chi connectivity index (χ0v) is 13.4. The van der Waals surface area contributed by atoms with E-state index in [2.05, 4.69) is 0 Å². The zero-order chi connectivity index (χ0) is 15.6. The van der Waals surface area contributed by atoms with Gasteiger partial charge in [0.25, 0.3) is 0 Å². The Kier molecular flexibility index (Phi) is 5.54. The first-order valence-electron chi connectivity index (χ1n) is 6.29. The van der Waals surface area contributed by atoms with Crippen molar-refractivity contribution in [1.29, 1.82) is 0 Å². The van der Waals surface area contributed by atoms with Crippen molar-refractivity contribution < 1.29 is 12.8 Å². The Morgan fingerprint density at radius 2 is 2.00 bits per heavy atom. The maximum atomic E-state index is 13.8. The second kappa shape index (κ2) is 6.39. The van der Waals surface area contributed by atoms with E-state index in [4.69, 9.17) is 17.3 Å². The van der Waals surface area contributed by atoms with Gasteiger partial charge in [-0.05, 0) is 30.2 Å². The lowest BCUT2D eigenvalue weighted by Gasteiger charge is -2.30. The third-order valence-corrected chi connectivity index (χ3v) is 5.21. The van der Waals surface area contributed by atoms with Crippen LogP contribution in [0.1, 0.15) is 20.8 Å². The third-order valence-electron chi connectivity index (χ3n) is 3.02. The van der Waals surface area contributed by atoms with E-state index in [0.717, 1.165) is 6.07 Å². The average Bonchev–Trinajstić information content (AvgIpc) is 2.35. The molecule has 4 nitrogen and oxygen atoms in total. The summed E-state index contributed by atoms with van der Waals surface area (Å²) in [7, 11) is -3.90. The quantitative estimate of drug-likeness (QED) is 0.875. The lowest BCUT2D eigenvalue weighted by Crippen LogP contribution is -2.42. The Balaban J connectivity index is 3.19. The summed E-state index contributed by atoms with van der Waals surface area (Å²) in [4.78, 5) is -0.364. The van der Waals surface area contributed by atoms with Crippen LogP contribution in [-0.4, -0.2) is 32.4 Å². The van der Waals surface area contributed by atoms with Gasteiger partial charge in [0.1, 0.15) is 10.7 Å². The van der Waals surface area contributed by atoms with Crippen molar-refractivity contribution in [1.82, 2.24) is 4.31 Å². The number of hydrogen-bond acceptors (Lipinski definition) is 3. The van der Waals surface area contributed by atoms with Crippen LogP contribution >= 0.6 is 11.6 Å².